The Bertz CT molecular complexity index is 468. The molecule has 2 rings (SSSR count). The Morgan fingerprint density at radius 3 is 2.80 bits per heavy atom. The van der Waals surface area contributed by atoms with Crippen LogP contribution in [-0.4, -0.2) is 47.6 Å². The van der Waals surface area contributed by atoms with Gasteiger partial charge in [0.1, 0.15) is 11.4 Å². The predicted octanol–water partition coefficient (Wildman–Crippen LogP) is 2.23. The number of hydrogen-bond acceptors (Lipinski definition) is 4. The van der Waals surface area contributed by atoms with E-state index in [0.29, 0.717) is 5.82 Å². The summed E-state index contributed by atoms with van der Waals surface area (Å²) < 4.78 is 0. The Labute approximate surface area is 120 Å². The van der Waals surface area contributed by atoms with Gasteiger partial charge in [-0.3, -0.25) is 0 Å². The molecular weight excluding hydrogens is 254 g/mol. The molecule has 1 saturated heterocycles. The summed E-state index contributed by atoms with van der Waals surface area (Å²) in [6, 6.07) is 3.34. The second-order valence-electron chi connectivity index (χ2n) is 5.62. The number of carboxylic acids is 1. The van der Waals surface area contributed by atoms with E-state index in [0.717, 1.165) is 37.7 Å². The molecule has 0 bridgehead atoms. The number of aryl methyl sites for hydroxylation is 1. The molecule has 0 radical (unpaired) electrons. The van der Waals surface area contributed by atoms with Crippen molar-refractivity contribution in [3.05, 3.63) is 23.4 Å². The van der Waals surface area contributed by atoms with E-state index in [1.807, 2.05) is 6.92 Å². The number of aromatic carboxylic acids is 1. The summed E-state index contributed by atoms with van der Waals surface area (Å²) in [6.07, 6.45) is 3.53. The first-order valence-corrected chi connectivity index (χ1v) is 7.19. The lowest BCUT2D eigenvalue weighted by molar-refractivity contribution is 0.0697. The zero-order chi connectivity index (χ0) is 14.5. The van der Waals surface area contributed by atoms with Crippen molar-refractivity contribution < 1.29 is 9.90 Å². The van der Waals surface area contributed by atoms with Crippen LogP contribution in [0.4, 0.5) is 5.82 Å². The van der Waals surface area contributed by atoms with Crippen LogP contribution >= 0.6 is 0 Å². The molecular formula is C15H23N3O2. The molecule has 5 nitrogen and oxygen atoms in total. The molecule has 0 spiro atoms. The molecule has 110 valence electrons. The average molecular weight is 277 g/mol. The molecule has 0 aliphatic carbocycles. The van der Waals surface area contributed by atoms with Gasteiger partial charge in [0, 0.05) is 12.2 Å². The molecule has 0 saturated carbocycles. The highest BCUT2D eigenvalue weighted by molar-refractivity contribution is 5.93. The lowest BCUT2D eigenvalue weighted by Crippen LogP contribution is -2.31. The molecule has 20 heavy (non-hydrogen) atoms. The summed E-state index contributed by atoms with van der Waals surface area (Å²) in [4.78, 5) is 17.8. The van der Waals surface area contributed by atoms with Crippen molar-refractivity contribution in [2.45, 2.75) is 26.2 Å². The lowest BCUT2D eigenvalue weighted by atomic mass is 9.94. The number of carbonyl (C=O) groups is 1. The molecule has 5 heteroatoms. The van der Waals surface area contributed by atoms with Gasteiger partial charge >= 0.3 is 5.97 Å². The van der Waals surface area contributed by atoms with Crippen LogP contribution in [0.3, 0.4) is 0 Å². The molecule has 1 aliphatic rings. The third-order valence-corrected chi connectivity index (χ3v) is 3.95. The quantitative estimate of drug-likeness (QED) is 0.864. The normalized spacial score (nSPS) is 17.1. The largest absolute Gasteiger partial charge is 0.478 e. The SMILES string of the molecule is Cc1ccc(C(=O)O)c(NCCC2CCN(C)CC2)n1. The second kappa shape index (κ2) is 6.70. The summed E-state index contributed by atoms with van der Waals surface area (Å²) in [7, 11) is 2.16. The zero-order valence-corrected chi connectivity index (χ0v) is 12.2. The summed E-state index contributed by atoms with van der Waals surface area (Å²) in [5.41, 5.74) is 1.08. The fraction of sp³-hybridized carbons (Fsp3) is 0.600. The minimum absolute atomic E-state index is 0.249. The van der Waals surface area contributed by atoms with Gasteiger partial charge in [-0.1, -0.05) is 0 Å². The van der Waals surface area contributed by atoms with Crippen LogP contribution < -0.4 is 5.32 Å². The molecule has 0 amide bonds. The number of likely N-dealkylation sites (tertiary alicyclic amines) is 1. The van der Waals surface area contributed by atoms with Crippen molar-refractivity contribution in [2.24, 2.45) is 5.92 Å². The van der Waals surface area contributed by atoms with E-state index in [4.69, 9.17) is 5.11 Å². The first-order valence-electron chi connectivity index (χ1n) is 7.19. The van der Waals surface area contributed by atoms with E-state index in [-0.39, 0.29) is 5.56 Å². The first-order chi connectivity index (χ1) is 9.56. The van der Waals surface area contributed by atoms with Crippen molar-refractivity contribution in [2.75, 3.05) is 32.0 Å². The number of nitrogens with zero attached hydrogens (tertiary/aromatic N) is 2. The van der Waals surface area contributed by atoms with Crippen LogP contribution in [0.1, 0.15) is 35.3 Å². The molecule has 1 aliphatic heterocycles. The van der Waals surface area contributed by atoms with E-state index < -0.39 is 5.97 Å². The molecule has 0 aromatic carbocycles. The van der Waals surface area contributed by atoms with Crippen molar-refractivity contribution in [3.8, 4) is 0 Å². The van der Waals surface area contributed by atoms with Gasteiger partial charge in [0.25, 0.3) is 0 Å². The maximum atomic E-state index is 11.1. The van der Waals surface area contributed by atoms with Gasteiger partial charge in [-0.15, -0.1) is 0 Å². The molecule has 0 atom stereocenters. The summed E-state index contributed by atoms with van der Waals surface area (Å²) in [5.74, 6) is 0.293. The topological polar surface area (TPSA) is 65.5 Å². The number of aromatic nitrogens is 1. The van der Waals surface area contributed by atoms with E-state index in [1.165, 1.54) is 12.8 Å². The fourth-order valence-electron chi connectivity index (χ4n) is 2.61. The van der Waals surface area contributed by atoms with Gasteiger partial charge in [-0.05, 0) is 64.4 Å². The monoisotopic (exact) mass is 277 g/mol. The third-order valence-electron chi connectivity index (χ3n) is 3.95. The standard InChI is InChI=1S/C15H23N3O2/c1-11-3-4-13(15(19)20)14(17-11)16-8-5-12-6-9-18(2)10-7-12/h3-4,12H,5-10H2,1-2H3,(H,16,17)(H,19,20). The lowest BCUT2D eigenvalue weighted by Gasteiger charge is -2.29. The number of rotatable bonds is 5. The molecule has 1 aromatic heterocycles. The van der Waals surface area contributed by atoms with Gasteiger partial charge in [-0.2, -0.15) is 0 Å². The molecule has 1 aromatic rings. The van der Waals surface area contributed by atoms with Crippen LogP contribution in [0.5, 0.6) is 0 Å². The van der Waals surface area contributed by atoms with Crippen molar-refractivity contribution in [1.82, 2.24) is 9.88 Å². The number of anilines is 1. The maximum absolute atomic E-state index is 11.1. The second-order valence-corrected chi connectivity index (χ2v) is 5.62. The first kappa shape index (κ1) is 14.8. The fourth-order valence-corrected chi connectivity index (χ4v) is 2.61. The van der Waals surface area contributed by atoms with Gasteiger partial charge in [-0.25, -0.2) is 9.78 Å². The Morgan fingerprint density at radius 1 is 1.45 bits per heavy atom. The van der Waals surface area contributed by atoms with E-state index >= 15 is 0 Å². The summed E-state index contributed by atoms with van der Waals surface area (Å²) in [5, 5.41) is 12.3. The van der Waals surface area contributed by atoms with Gasteiger partial charge in [0.05, 0.1) is 0 Å². The van der Waals surface area contributed by atoms with Gasteiger partial charge in [0.15, 0.2) is 0 Å². The highest BCUT2D eigenvalue weighted by Crippen LogP contribution is 2.20. The molecule has 2 heterocycles. The van der Waals surface area contributed by atoms with E-state index in [2.05, 4.69) is 22.2 Å². The number of nitrogens with one attached hydrogen (secondary N) is 1. The van der Waals surface area contributed by atoms with Crippen LogP contribution in [0, 0.1) is 12.8 Å². The molecule has 2 N–H and O–H groups in total. The van der Waals surface area contributed by atoms with Crippen molar-refractivity contribution in [3.63, 3.8) is 0 Å². The smallest absolute Gasteiger partial charge is 0.339 e. The van der Waals surface area contributed by atoms with E-state index in [9.17, 15) is 4.79 Å². The Morgan fingerprint density at radius 2 is 2.15 bits per heavy atom. The van der Waals surface area contributed by atoms with Gasteiger partial charge in [0.2, 0.25) is 0 Å². The number of pyridine rings is 1. The number of hydrogen-bond donors (Lipinski definition) is 2. The van der Waals surface area contributed by atoms with E-state index in [1.54, 1.807) is 12.1 Å². The zero-order valence-electron chi connectivity index (χ0n) is 12.2. The highest BCUT2D eigenvalue weighted by Gasteiger charge is 2.17. The van der Waals surface area contributed by atoms with Crippen LogP contribution in [0.15, 0.2) is 12.1 Å². The Hall–Kier alpha value is -1.62. The van der Waals surface area contributed by atoms with Crippen LogP contribution in [0.25, 0.3) is 0 Å². The van der Waals surface area contributed by atoms with Gasteiger partial charge < -0.3 is 15.3 Å². The van der Waals surface area contributed by atoms with Crippen molar-refractivity contribution in [1.29, 1.82) is 0 Å². The summed E-state index contributed by atoms with van der Waals surface area (Å²) in [6.45, 7) is 4.97. The van der Waals surface area contributed by atoms with Crippen LogP contribution in [0.2, 0.25) is 0 Å². The van der Waals surface area contributed by atoms with Crippen LogP contribution in [-0.2, 0) is 0 Å². The minimum atomic E-state index is -0.931. The predicted molar refractivity (Wildman–Crippen MR) is 79.3 cm³/mol. The molecule has 1 fully saturated rings. The minimum Gasteiger partial charge on any atom is -0.478 e. The average Bonchev–Trinajstić information content (AvgIpc) is 2.41. The van der Waals surface area contributed by atoms with Crippen molar-refractivity contribution >= 4 is 11.8 Å². The number of piperidine rings is 1. The maximum Gasteiger partial charge on any atom is 0.339 e. The summed E-state index contributed by atoms with van der Waals surface area (Å²) >= 11 is 0. The third kappa shape index (κ3) is 3.93. The Kier molecular flexibility index (Phi) is 4.95. The molecule has 0 unspecified atom stereocenters. The number of carboxylic acid groups (broad SMARTS) is 1. The highest BCUT2D eigenvalue weighted by atomic mass is 16.4. The Balaban J connectivity index is 1.87.